The van der Waals surface area contributed by atoms with Crippen LogP contribution in [-0.2, 0) is 35.6 Å². The number of aromatic nitrogens is 2. The number of halogens is 1. The second-order valence-corrected chi connectivity index (χ2v) is 9.19. The molecule has 5 rings (SSSR count). The van der Waals surface area contributed by atoms with Crippen molar-refractivity contribution < 1.29 is 18.7 Å². The van der Waals surface area contributed by atoms with Gasteiger partial charge >= 0.3 is 5.97 Å². The maximum absolute atomic E-state index is 15.3. The Morgan fingerprint density at radius 3 is 2.78 bits per heavy atom. The molecule has 0 aliphatic heterocycles. The molecule has 186 valence electrons. The first-order valence-corrected chi connectivity index (χ1v) is 12.4. The van der Waals surface area contributed by atoms with Crippen molar-refractivity contribution in [3.05, 3.63) is 83.6 Å². The number of rotatable bonds is 10. The highest BCUT2D eigenvalue weighted by molar-refractivity contribution is 5.96. The van der Waals surface area contributed by atoms with Crippen LogP contribution in [0.4, 0.5) is 4.39 Å². The van der Waals surface area contributed by atoms with Crippen LogP contribution in [0.25, 0.3) is 22.0 Å². The number of fused-ring (bicyclic) bond motifs is 1. The molecule has 2 N–H and O–H groups in total. The van der Waals surface area contributed by atoms with E-state index in [1.807, 2.05) is 36.4 Å². The van der Waals surface area contributed by atoms with Crippen LogP contribution in [0.2, 0.25) is 0 Å². The van der Waals surface area contributed by atoms with Gasteiger partial charge in [0.15, 0.2) is 5.82 Å². The lowest BCUT2D eigenvalue weighted by molar-refractivity contribution is -0.142. The third kappa shape index (κ3) is 5.11. The molecule has 0 bridgehead atoms. The van der Waals surface area contributed by atoms with Gasteiger partial charge in [-0.05, 0) is 67.1 Å². The van der Waals surface area contributed by atoms with Crippen molar-refractivity contribution in [2.75, 3.05) is 6.61 Å². The lowest BCUT2D eigenvalue weighted by atomic mass is 9.98. The van der Waals surface area contributed by atoms with E-state index < -0.39 is 5.82 Å². The molecule has 1 aliphatic rings. The van der Waals surface area contributed by atoms with Gasteiger partial charge in [-0.1, -0.05) is 18.2 Å². The Hall–Kier alpha value is -3.71. The molecule has 1 aliphatic carbocycles. The monoisotopic (exact) mass is 487 g/mol. The van der Waals surface area contributed by atoms with Crippen molar-refractivity contribution >= 4 is 16.9 Å². The Bertz CT molecular complexity index is 1390. The van der Waals surface area contributed by atoms with Crippen LogP contribution >= 0.6 is 0 Å². The summed E-state index contributed by atoms with van der Waals surface area (Å²) in [6.07, 6.45) is 6.30. The lowest BCUT2D eigenvalue weighted by Gasteiger charge is -2.15. The second-order valence-electron chi connectivity index (χ2n) is 9.19. The standard InChI is InChI=1S/C29H30FN3O3/c1-2-35-28(34)15-21-5-3-4-6-27(21)36-18-20-13-24(23-9-11-32-25(16-31)29(23)30)22-10-12-33(26(22)14-20)17-19-7-8-19/h3-6,9-14,19H,2,7-8,15-18,31H2,1H3. The van der Waals surface area contributed by atoms with Crippen molar-refractivity contribution in [3.63, 3.8) is 0 Å². The van der Waals surface area contributed by atoms with E-state index in [1.165, 1.54) is 12.8 Å². The van der Waals surface area contributed by atoms with Gasteiger partial charge in [-0.15, -0.1) is 0 Å². The Morgan fingerprint density at radius 1 is 1.17 bits per heavy atom. The van der Waals surface area contributed by atoms with E-state index in [9.17, 15) is 4.79 Å². The molecule has 6 nitrogen and oxygen atoms in total. The third-order valence-electron chi connectivity index (χ3n) is 6.55. The molecule has 0 spiro atoms. The minimum absolute atomic E-state index is 0.0333. The van der Waals surface area contributed by atoms with Crippen molar-refractivity contribution in [1.82, 2.24) is 9.55 Å². The van der Waals surface area contributed by atoms with E-state index in [0.29, 0.717) is 23.8 Å². The molecule has 2 aromatic carbocycles. The van der Waals surface area contributed by atoms with Crippen LogP contribution in [0.3, 0.4) is 0 Å². The Labute approximate surface area is 209 Å². The summed E-state index contributed by atoms with van der Waals surface area (Å²) in [6.45, 7) is 3.37. The molecule has 2 aromatic heterocycles. The molecular formula is C29H30FN3O3. The highest BCUT2D eigenvalue weighted by atomic mass is 19.1. The fourth-order valence-electron chi connectivity index (χ4n) is 4.55. The summed E-state index contributed by atoms with van der Waals surface area (Å²) >= 11 is 0. The van der Waals surface area contributed by atoms with Gasteiger partial charge in [-0.3, -0.25) is 9.78 Å². The summed E-state index contributed by atoms with van der Waals surface area (Å²) in [5.74, 6) is 0.634. The molecule has 0 saturated heterocycles. The van der Waals surface area contributed by atoms with Gasteiger partial charge < -0.3 is 19.8 Å². The number of carbonyl (C=O) groups is 1. The molecule has 2 heterocycles. The summed E-state index contributed by atoms with van der Waals surface area (Å²) in [5, 5.41) is 0.982. The zero-order valence-electron chi connectivity index (χ0n) is 20.4. The predicted octanol–water partition coefficient (Wildman–Crippen LogP) is 5.40. The van der Waals surface area contributed by atoms with Crippen LogP contribution in [0.15, 0.2) is 60.9 Å². The van der Waals surface area contributed by atoms with Gasteiger partial charge in [0.25, 0.3) is 0 Å². The Morgan fingerprint density at radius 2 is 2.00 bits per heavy atom. The molecule has 0 unspecified atom stereocenters. The average Bonchev–Trinajstić information content (AvgIpc) is 3.61. The van der Waals surface area contributed by atoms with Crippen molar-refractivity contribution in [2.24, 2.45) is 11.7 Å². The van der Waals surface area contributed by atoms with E-state index in [-0.39, 0.29) is 31.2 Å². The van der Waals surface area contributed by atoms with E-state index in [2.05, 4.69) is 21.8 Å². The van der Waals surface area contributed by atoms with E-state index in [0.717, 1.165) is 34.1 Å². The number of nitrogens with zero attached hydrogens (tertiary/aromatic N) is 2. The molecule has 0 radical (unpaired) electrons. The number of pyridine rings is 1. The van der Waals surface area contributed by atoms with E-state index in [4.69, 9.17) is 15.2 Å². The topological polar surface area (TPSA) is 79.4 Å². The Kier molecular flexibility index (Phi) is 7.00. The highest BCUT2D eigenvalue weighted by Gasteiger charge is 2.23. The quantitative estimate of drug-likeness (QED) is 0.303. The normalized spacial score (nSPS) is 13.2. The zero-order valence-corrected chi connectivity index (χ0v) is 20.4. The minimum Gasteiger partial charge on any atom is -0.489 e. The van der Waals surface area contributed by atoms with Crippen LogP contribution in [0.1, 0.15) is 36.6 Å². The number of para-hydroxylation sites is 1. The van der Waals surface area contributed by atoms with Gasteiger partial charge in [0.2, 0.25) is 0 Å². The maximum atomic E-state index is 15.3. The molecule has 4 aromatic rings. The van der Waals surface area contributed by atoms with Crippen LogP contribution < -0.4 is 10.5 Å². The van der Waals surface area contributed by atoms with Crippen LogP contribution in [-0.4, -0.2) is 22.1 Å². The molecule has 7 heteroatoms. The molecule has 36 heavy (non-hydrogen) atoms. The van der Waals surface area contributed by atoms with E-state index in [1.54, 1.807) is 19.2 Å². The summed E-state index contributed by atoms with van der Waals surface area (Å²) in [5.41, 5.74) is 9.95. The number of benzene rings is 2. The summed E-state index contributed by atoms with van der Waals surface area (Å²) in [4.78, 5) is 16.1. The van der Waals surface area contributed by atoms with E-state index >= 15 is 4.39 Å². The fourth-order valence-corrected chi connectivity index (χ4v) is 4.55. The number of nitrogens with two attached hydrogens (primary N) is 1. The number of ether oxygens (including phenoxy) is 2. The van der Waals surface area contributed by atoms with Gasteiger partial charge in [-0.25, -0.2) is 4.39 Å². The van der Waals surface area contributed by atoms with Crippen LogP contribution in [0, 0.1) is 11.7 Å². The maximum Gasteiger partial charge on any atom is 0.310 e. The zero-order chi connectivity index (χ0) is 25.1. The SMILES string of the molecule is CCOC(=O)Cc1ccccc1OCc1cc(-c2ccnc(CN)c2F)c2ccn(CC3CC3)c2c1. The number of hydrogen-bond donors (Lipinski definition) is 1. The lowest BCUT2D eigenvalue weighted by Crippen LogP contribution is -2.09. The van der Waals surface area contributed by atoms with Crippen molar-refractivity contribution in [1.29, 1.82) is 0 Å². The molecule has 0 amide bonds. The number of esters is 1. The third-order valence-corrected chi connectivity index (χ3v) is 6.55. The summed E-state index contributed by atoms with van der Waals surface area (Å²) < 4.78 is 28.8. The van der Waals surface area contributed by atoms with Crippen molar-refractivity contribution in [3.8, 4) is 16.9 Å². The predicted molar refractivity (Wildman–Crippen MR) is 137 cm³/mol. The largest absolute Gasteiger partial charge is 0.489 e. The average molecular weight is 488 g/mol. The van der Waals surface area contributed by atoms with Gasteiger partial charge in [0.1, 0.15) is 12.4 Å². The van der Waals surface area contributed by atoms with Crippen molar-refractivity contribution in [2.45, 2.75) is 45.9 Å². The summed E-state index contributed by atoms with van der Waals surface area (Å²) in [6, 6.07) is 15.3. The van der Waals surface area contributed by atoms with Gasteiger partial charge in [0.05, 0.1) is 18.7 Å². The first-order chi connectivity index (χ1) is 17.6. The first-order valence-electron chi connectivity index (χ1n) is 12.4. The Balaban J connectivity index is 1.51. The highest BCUT2D eigenvalue weighted by Crippen LogP contribution is 2.36. The minimum atomic E-state index is -0.394. The number of hydrogen-bond acceptors (Lipinski definition) is 5. The molecule has 1 saturated carbocycles. The van der Waals surface area contributed by atoms with Crippen LogP contribution in [0.5, 0.6) is 5.75 Å². The van der Waals surface area contributed by atoms with Gasteiger partial charge in [-0.2, -0.15) is 0 Å². The summed E-state index contributed by atoms with van der Waals surface area (Å²) in [7, 11) is 0. The number of carbonyl (C=O) groups excluding carboxylic acids is 1. The van der Waals surface area contributed by atoms with Gasteiger partial charge in [0, 0.05) is 47.5 Å². The molecular weight excluding hydrogens is 457 g/mol. The smallest absolute Gasteiger partial charge is 0.310 e. The first kappa shape index (κ1) is 24.0. The fraction of sp³-hybridized carbons (Fsp3) is 0.310. The second kappa shape index (κ2) is 10.5. The molecule has 1 fully saturated rings. The molecule has 0 atom stereocenters.